The van der Waals surface area contributed by atoms with Gasteiger partial charge in [0, 0.05) is 37.8 Å². The van der Waals surface area contributed by atoms with Crippen LogP contribution in [-0.4, -0.2) is 58.5 Å². The maximum atomic E-state index is 12.8. The molecular weight excluding hydrogens is 300 g/mol. The fourth-order valence-corrected chi connectivity index (χ4v) is 3.56. The molecule has 1 aliphatic carbocycles. The van der Waals surface area contributed by atoms with Crippen molar-refractivity contribution >= 4 is 17.7 Å². The summed E-state index contributed by atoms with van der Waals surface area (Å²) in [6.45, 7) is 1.98. The number of ether oxygens (including phenoxy) is 1. The first kappa shape index (κ1) is 15.7. The van der Waals surface area contributed by atoms with Crippen molar-refractivity contribution in [2.75, 3.05) is 13.7 Å². The summed E-state index contributed by atoms with van der Waals surface area (Å²) in [4.78, 5) is 40.7. The average Bonchev–Trinajstić information content (AvgIpc) is 3.09. The van der Waals surface area contributed by atoms with Gasteiger partial charge in [0.1, 0.15) is 11.7 Å². The average molecular weight is 320 g/mol. The molecule has 1 saturated heterocycles. The Bertz CT molecular complexity index is 678. The minimum Gasteiger partial charge on any atom is -0.480 e. The number of aromatic amines is 1. The second-order valence-electron chi connectivity index (χ2n) is 6.16. The fourth-order valence-electron chi connectivity index (χ4n) is 3.56. The van der Waals surface area contributed by atoms with E-state index >= 15 is 0 Å². The quantitative estimate of drug-likeness (QED) is 0.870. The van der Waals surface area contributed by atoms with Crippen molar-refractivity contribution in [2.24, 2.45) is 0 Å². The van der Waals surface area contributed by atoms with Crippen LogP contribution in [0.1, 0.15) is 51.4 Å². The highest BCUT2D eigenvalue weighted by atomic mass is 16.5. The van der Waals surface area contributed by atoms with E-state index in [4.69, 9.17) is 4.74 Å². The van der Waals surface area contributed by atoms with Crippen LogP contribution in [0.2, 0.25) is 0 Å². The van der Waals surface area contributed by atoms with Crippen molar-refractivity contribution in [3.8, 4) is 0 Å². The lowest BCUT2D eigenvalue weighted by Gasteiger charge is -2.21. The number of methoxy groups -OCH3 is 1. The van der Waals surface area contributed by atoms with E-state index in [1.165, 1.54) is 12.0 Å². The third-order valence-electron chi connectivity index (χ3n) is 4.79. The van der Waals surface area contributed by atoms with E-state index in [1.54, 1.807) is 6.92 Å². The summed E-state index contributed by atoms with van der Waals surface area (Å²) in [7, 11) is 1.51. The molecule has 0 aromatic carbocycles. The monoisotopic (exact) mass is 320 g/mol. The van der Waals surface area contributed by atoms with Crippen LogP contribution in [0, 0.1) is 6.92 Å². The zero-order chi connectivity index (χ0) is 16.7. The van der Waals surface area contributed by atoms with E-state index in [1.807, 2.05) is 0 Å². The number of aliphatic carboxylic acids is 1. The molecule has 2 N–H and O–H groups in total. The van der Waals surface area contributed by atoms with E-state index < -0.39 is 12.0 Å². The summed E-state index contributed by atoms with van der Waals surface area (Å²) in [5.74, 6) is -1.37. The van der Waals surface area contributed by atoms with Crippen molar-refractivity contribution in [3.63, 3.8) is 0 Å². The van der Waals surface area contributed by atoms with Crippen LogP contribution in [-0.2, 0) is 16.0 Å². The maximum absolute atomic E-state index is 12.8. The molecule has 7 nitrogen and oxygen atoms in total. The molecule has 1 aromatic heterocycles. The summed E-state index contributed by atoms with van der Waals surface area (Å²) in [6.07, 6.45) is 1.99. The third kappa shape index (κ3) is 2.55. The van der Waals surface area contributed by atoms with Gasteiger partial charge in [0.25, 0.3) is 5.91 Å². The second-order valence-corrected chi connectivity index (χ2v) is 6.16. The van der Waals surface area contributed by atoms with Crippen molar-refractivity contribution < 1.29 is 24.2 Å². The number of nitrogens with one attached hydrogen (secondary N) is 1. The molecule has 1 fully saturated rings. The highest BCUT2D eigenvalue weighted by Crippen LogP contribution is 2.29. The molecule has 1 aromatic rings. The Labute approximate surface area is 133 Å². The number of ketones is 1. The Morgan fingerprint density at radius 3 is 2.70 bits per heavy atom. The predicted octanol–water partition coefficient (Wildman–Crippen LogP) is 1.16. The van der Waals surface area contributed by atoms with Gasteiger partial charge in [-0.3, -0.25) is 9.59 Å². The van der Waals surface area contributed by atoms with Crippen LogP contribution in [0.25, 0.3) is 0 Å². The third-order valence-corrected chi connectivity index (χ3v) is 4.79. The van der Waals surface area contributed by atoms with Gasteiger partial charge in [-0.2, -0.15) is 0 Å². The number of H-pyrrole nitrogens is 1. The van der Waals surface area contributed by atoms with Crippen LogP contribution in [0.4, 0.5) is 0 Å². The summed E-state index contributed by atoms with van der Waals surface area (Å²) >= 11 is 0. The number of hydrogen-bond donors (Lipinski definition) is 2. The molecule has 2 atom stereocenters. The van der Waals surface area contributed by atoms with E-state index in [0.717, 1.165) is 18.5 Å². The van der Waals surface area contributed by atoms with E-state index in [-0.39, 0.29) is 30.8 Å². The van der Waals surface area contributed by atoms with Gasteiger partial charge in [-0.05, 0) is 25.3 Å². The van der Waals surface area contributed by atoms with Gasteiger partial charge in [-0.25, -0.2) is 4.79 Å². The number of aromatic nitrogens is 1. The molecule has 7 heteroatoms. The summed E-state index contributed by atoms with van der Waals surface area (Å²) in [5, 5.41) is 9.35. The van der Waals surface area contributed by atoms with Crippen LogP contribution in [0.15, 0.2) is 0 Å². The van der Waals surface area contributed by atoms with E-state index in [9.17, 15) is 19.5 Å². The topological polar surface area (TPSA) is 99.7 Å². The standard InChI is InChI=1S/C16H20N2O5/c1-8-13-10(4-3-5-12(13)19)17-14(8)15(20)18-7-9(23-2)6-11(18)16(21)22/h9,11,17H,3-7H2,1-2H3,(H,21,22). The Hall–Kier alpha value is -2.15. The number of Topliss-reactive ketones (excluding diaryl/α,β-unsaturated/α-hetero) is 1. The summed E-state index contributed by atoms with van der Waals surface area (Å²) < 4.78 is 5.21. The van der Waals surface area contributed by atoms with Gasteiger partial charge in [0.15, 0.2) is 5.78 Å². The molecule has 0 spiro atoms. The molecule has 23 heavy (non-hydrogen) atoms. The highest BCUT2D eigenvalue weighted by Gasteiger charge is 2.41. The number of rotatable bonds is 3. The molecule has 1 aliphatic heterocycles. The minimum absolute atomic E-state index is 0.0463. The van der Waals surface area contributed by atoms with E-state index in [0.29, 0.717) is 23.2 Å². The normalized spacial score (nSPS) is 23.9. The zero-order valence-electron chi connectivity index (χ0n) is 13.2. The number of carboxylic acids is 1. The zero-order valence-corrected chi connectivity index (χ0v) is 13.2. The van der Waals surface area contributed by atoms with Crippen molar-refractivity contribution in [1.82, 2.24) is 9.88 Å². The Kier molecular flexibility index (Phi) is 3.97. The molecule has 2 unspecified atom stereocenters. The van der Waals surface area contributed by atoms with Crippen LogP contribution >= 0.6 is 0 Å². The predicted molar refractivity (Wildman–Crippen MR) is 80.7 cm³/mol. The van der Waals surface area contributed by atoms with Crippen LogP contribution < -0.4 is 0 Å². The van der Waals surface area contributed by atoms with Crippen molar-refractivity contribution in [3.05, 3.63) is 22.5 Å². The van der Waals surface area contributed by atoms with Gasteiger partial charge in [-0.15, -0.1) is 0 Å². The van der Waals surface area contributed by atoms with Gasteiger partial charge < -0.3 is 19.7 Å². The number of carbonyl (C=O) groups excluding carboxylic acids is 2. The number of hydrogen-bond acceptors (Lipinski definition) is 4. The SMILES string of the molecule is COC1CC(C(=O)O)N(C(=O)c2[nH]c3c(c2C)C(=O)CCC3)C1. The van der Waals surface area contributed by atoms with Crippen LogP contribution in [0.3, 0.4) is 0 Å². The largest absolute Gasteiger partial charge is 0.480 e. The first-order valence-corrected chi connectivity index (χ1v) is 7.75. The maximum Gasteiger partial charge on any atom is 0.326 e. The summed E-state index contributed by atoms with van der Waals surface area (Å²) in [5.41, 5.74) is 2.35. The molecule has 0 bridgehead atoms. The lowest BCUT2D eigenvalue weighted by Crippen LogP contribution is -2.41. The van der Waals surface area contributed by atoms with Crippen molar-refractivity contribution in [1.29, 1.82) is 0 Å². The number of amides is 1. The van der Waals surface area contributed by atoms with Gasteiger partial charge in [-0.1, -0.05) is 0 Å². The van der Waals surface area contributed by atoms with Gasteiger partial charge in [0.05, 0.1) is 6.10 Å². The number of fused-ring (bicyclic) bond motifs is 1. The molecule has 2 aliphatic rings. The smallest absolute Gasteiger partial charge is 0.326 e. The van der Waals surface area contributed by atoms with Gasteiger partial charge >= 0.3 is 5.97 Å². The highest BCUT2D eigenvalue weighted by molar-refractivity contribution is 6.05. The molecule has 124 valence electrons. The number of carboxylic acid groups (broad SMARTS) is 1. The van der Waals surface area contributed by atoms with E-state index in [2.05, 4.69) is 4.98 Å². The molecule has 2 heterocycles. The molecule has 3 rings (SSSR count). The van der Waals surface area contributed by atoms with Gasteiger partial charge in [0.2, 0.25) is 0 Å². The second kappa shape index (κ2) is 5.81. The Balaban J connectivity index is 1.94. The molecule has 1 amide bonds. The fraction of sp³-hybridized carbons (Fsp3) is 0.562. The minimum atomic E-state index is -1.04. The molecule has 0 saturated carbocycles. The molecular formula is C16H20N2O5. The van der Waals surface area contributed by atoms with Crippen molar-refractivity contribution in [2.45, 2.75) is 44.8 Å². The number of likely N-dealkylation sites (tertiary alicyclic amines) is 1. The molecule has 0 radical (unpaired) electrons. The Morgan fingerprint density at radius 2 is 2.09 bits per heavy atom. The number of aryl methyl sites for hydroxylation is 1. The number of carbonyl (C=O) groups is 3. The lowest BCUT2D eigenvalue weighted by atomic mass is 9.93. The lowest BCUT2D eigenvalue weighted by molar-refractivity contribution is -0.141. The summed E-state index contributed by atoms with van der Waals surface area (Å²) in [6, 6.07) is -0.900. The first-order valence-electron chi connectivity index (χ1n) is 7.75. The Morgan fingerprint density at radius 1 is 1.35 bits per heavy atom. The van der Waals surface area contributed by atoms with Crippen LogP contribution in [0.5, 0.6) is 0 Å². The first-order chi connectivity index (χ1) is 10.9. The number of nitrogens with zero attached hydrogens (tertiary/aromatic N) is 1.